The van der Waals surface area contributed by atoms with Crippen LogP contribution in [0.15, 0.2) is 36.5 Å². The maximum absolute atomic E-state index is 13.6. The maximum Gasteiger partial charge on any atom is 0.139 e. The predicted molar refractivity (Wildman–Crippen MR) is 82.8 cm³/mol. The fourth-order valence-corrected chi connectivity index (χ4v) is 2.57. The van der Waals surface area contributed by atoms with Crippen molar-refractivity contribution in [3.63, 3.8) is 0 Å². The van der Waals surface area contributed by atoms with Gasteiger partial charge in [0.1, 0.15) is 11.5 Å². The van der Waals surface area contributed by atoms with Crippen molar-refractivity contribution in [2.24, 2.45) is 5.73 Å². The molecule has 0 atom stereocenters. The van der Waals surface area contributed by atoms with Crippen LogP contribution in [0.4, 0.5) is 4.39 Å². The molecule has 0 saturated carbocycles. The molecule has 0 spiro atoms. The average Bonchev–Trinajstić information content (AvgIpc) is 2.80. The average molecular weight is 283 g/mol. The van der Waals surface area contributed by atoms with Crippen molar-refractivity contribution < 1.29 is 4.39 Å². The summed E-state index contributed by atoms with van der Waals surface area (Å²) in [5.41, 5.74) is 11.8. The van der Waals surface area contributed by atoms with Crippen LogP contribution in [-0.4, -0.2) is 15.9 Å². The molecule has 0 saturated heterocycles. The molecule has 2 aromatic heterocycles. The Kier molecular flexibility index (Phi) is 3.47. The molecule has 108 valence electrons. The number of fused-ring (bicyclic) bond motifs is 1. The van der Waals surface area contributed by atoms with E-state index in [0.29, 0.717) is 13.0 Å². The van der Waals surface area contributed by atoms with Gasteiger partial charge in [0.05, 0.1) is 11.4 Å². The Morgan fingerprint density at radius 3 is 2.67 bits per heavy atom. The summed E-state index contributed by atoms with van der Waals surface area (Å²) in [5.74, 6) is -0.274. The number of aromatic nitrogens is 2. The standard InChI is InChI=1S/C17H18FN3/c1-11-3-4-13(9-12(11)2)17-15(7-8-19)20-16-6-5-14(18)10-21(16)17/h3-6,9-10H,7-8,19H2,1-2H3. The number of halogens is 1. The predicted octanol–water partition coefficient (Wildman–Crippen LogP) is 3.26. The Morgan fingerprint density at radius 1 is 1.14 bits per heavy atom. The summed E-state index contributed by atoms with van der Waals surface area (Å²) in [5, 5.41) is 0. The fourth-order valence-electron chi connectivity index (χ4n) is 2.57. The van der Waals surface area contributed by atoms with Gasteiger partial charge in [-0.2, -0.15) is 0 Å². The van der Waals surface area contributed by atoms with Gasteiger partial charge in [-0.15, -0.1) is 0 Å². The van der Waals surface area contributed by atoms with Crippen molar-refractivity contribution in [2.45, 2.75) is 20.3 Å². The van der Waals surface area contributed by atoms with Gasteiger partial charge in [0.2, 0.25) is 0 Å². The van der Waals surface area contributed by atoms with Crippen LogP contribution in [-0.2, 0) is 6.42 Å². The van der Waals surface area contributed by atoms with Crippen LogP contribution in [0.2, 0.25) is 0 Å². The lowest BCUT2D eigenvalue weighted by Gasteiger charge is -2.08. The Balaban J connectivity index is 2.29. The summed E-state index contributed by atoms with van der Waals surface area (Å²) in [6.07, 6.45) is 2.15. The van der Waals surface area contributed by atoms with E-state index in [2.05, 4.69) is 37.0 Å². The molecular weight excluding hydrogens is 265 g/mol. The van der Waals surface area contributed by atoms with E-state index < -0.39 is 0 Å². The van der Waals surface area contributed by atoms with Crippen molar-refractivity contribution in [1.29, 1.82) is 0 Å². The number of nitrogens with two attached hydrogens (primary N) is 1. The Morgan fingerprint density at radius 2 is 1.95 bits per heavy atom. The molecule has 0 amide bonds. The Hall–Kier alpha value is -2.20. The molecule has 2 heterocycles. The summed E-state index contributed by atoms with van der Waals surface area (Å²) in [4.78, 5) is 4.59. The van der Waals surface area contributed by atoms with Crippen LogP contribution in [0.1, 0.15) is 16.8 Å². The molecule has 3 aromatic rings. The van der Waals surface area contributed by atoms with E-state index in [1.54, 1.807) is 6.07 Å². The number of hydrogen-bond acceptors (Lipinski definition) is 2. The summed E-state index contributed by atoms with van der Waals surface area (Å²) >= 11 is 0. The topological polar surface area (TPSA) is 43.3 Å². The normalized spacial score (nSPS) is 11.2. The highest BCUT2D eigenvalue weighted by atomic mass is 19.1. The van der Waals surface area contributed by atoms with E-state index in [9.17, 15) is 4.39 Å². The number of imidazole rings is 1. The van der Waals surface area contributed by atoms with Gasteiger partial charge in [0, 0.05) is 18.2 Å². The van der Waals surface area contributed by atoms with Gasteiger partial charge < -0.3 is 5.73 Å². The van der Waals surface area contributed by atoms with Crippen LogP contribution < -0.4 is 5.73 Å². The van der Waals surface area contributed by atoms with Crippen molar-refractivity contribution in [2.75, 3.05) is 6.54 Å². The first-order chi connectivity index (χ1) is 10.1. The first kappa shape index (κ1) is 13.8. The Labute approximate surface area is 123 Å². The third-order valence-electron chi connectivity index (χ3n) is 3.82. The molecule has 3 nitrogen and oxygen atoms in total. The smallest absolute Gasteiger partial charge is 0.139 e. The van der Waals surface area contributed by atoms with Crippen LogP contribution in [0.5, 0.6) is 0 Å². The van der Waals surface area contributed by atoms with Crippen LogP contribution >= 0.6 is 0 Å². The summed E-state index contributed by atoms with van der Waals surface area (Å²) in [7, 11) is 0. The highest BCUT2D eigenvalue weighted by Crippen LogP contribution is 2.27. The third-order valence-corrected chi connectivity index (χ3v) is 3.82. The van der Waals surface area contributed by atoms with Gasteiger partial charge in [-0.3, -0.25) is 4.40 Å². The highest BCUT2D eigenvalue weighted by molar-refractivity contribution is 5.68. The van der Waals surface area contributed by atoms with Crippen molar-refractivity contribution in [1.82, 2.24) is 9.38 Å². The van der Waals surface area contributed by atoms with Gasteiger partial charge >= 0.3 is 0 Å². The molecular formula is C17H18FN3. The van der Waals surface area contributed by atoms with Crippen molar-refractivity contribution >= 4 is 5.65 Å². The number of benzene rings is 1. The Bertz CT molecular complexity index is 805. The lowest BCUT2D eigenvalue weighted by Crippen LogP contribution is -2.04. The van der Waals surface area contributed by atoms with Gasteiger partial charge in [0.25, 0.3) is 0 Å². The quantitative estimate of drug-likeness (QED) is 0.801. The molecule has 0 aliphatic heterocycles. The van der Waals surface area contributed by atoms with Crippen molar-refractivity contribution in [3.05, 3.63) is 59.2 Å². The summed E-state index contributed by atoms with van der Waals surface area (Å²) in [6.45, 7) is 4.67. The molecule has 3 rings (SSSR count). The van der Waals surface area contributed by atoms with Crippen LogP contribution in [0.3, 0.4) is 0 Å². The summed E-state index contributed by atoms with van der Waals surface area (Å²) in [6, 6.07) is 9.37. The van der Waals surface area contributed by atoms with Crippen LogP contribution in [0, 0.1) is 19.7 Å². The third kappa shape index (κ3) is 2.43. The van der Waals surface area contributed by atoms with Gasteiger partial charge in [0.15, 0.2) is 0 Å². The molecule has 0 radical (unpaired) electrons. The molecule has 4 heteroatoms. The van der Waals surface area contributed by atoms with Gasteiger partial charge in [-0.1, -0.05) is 12.1 Å². The van der Waals surface area contributed by atoms with E-state index in [-0.39, 0.29) is 5.82 Å². The zero-order chi connectivity index (χ0) is 15.0. The number of hydrogen-bond donors (Lipinski definition) is 1. The minimum atomic E-state index is -0.274. The maximum atomic E-state index is 13.6. The van der Waals surface area contributed by atoms with Gasteiger partial charge in [-0.05, 0) is 49.7 Å². The van der Waals surface area contributed by atoms with E-state index in [0.717, 1.165) is 22.6 Å². The van der Waals surface area contributed by atoms with Crippen LogP contribution in [0.25, 0.3) is 16.9 Å². The minimum absolute atomic E-state index is 0.274. The number of nitrogens with zero attached hydrogens (tertiary/aromatic N) is 2. The first-order valence-electron chi connectivity index (χ1n) is 7.04. The summed E-state index contributed by atoms with van der Waals surface area (Å²) < 4.78 is 15.4. The highest BCUT2D eigenvalue weighted by Gasteiger charge is 2.14. The molecule has 2 N–H and O–H groups in total. The van der Waals surface area contributed by atoms with Crippen molar-refractivity contribution in [3.8, 4) is 11.3 Å². The molecule has 0 aliphatic rings. The molecule has 21 heavy (non-hydrogen) atoms. The number of aryl methyl sites for hydroxylation is 2. The molecule has 0 unspecified atom stereocenters. The molecule has 1 aromatic carbocycles. The van der Waals surface area contributed by atoms with Gasteiger partial charge in [-0.25, -0.2) is 9.37 Å². The monoisotopic (exact) mass is 283 g/mol. The molecule has 0 aliphatic carbocycles. The lowest BCUT2D eigenvalue weighted by atomic mass is 10.0. The van der Waals surface area contributed by atoms with E-state index in [4.69, 9.17) is 5.73 Å². The van der Waals surface area contributed by atoms with E-state index in [1.807, 2.05) is 4.40 Å². The SMILES string of the molecule is Cc1ccc(-c2c(CCN)nc3ccc(F)cn23)cc1C. The molecule has 0 fully saturated rings. The number of rotatable bonds is 3. The lowest BCUT2D eigenvalue weighted by molar-refractivity contribution is 0.619. The second-order valence-electron chi connectivity index (χ2n) is 5.32. The number of pyridine rings is 1. The van der Waals surface area contributed by atoms with E-state index >= 15 is 0 Å². The zero-order valence-corrected chi connectivity index (χ0v) is 12.2. The zero-order valence-electron chi connectivity index (χ0n) is 12.2. The largest absolute Gasteiger partial charge is 0.330 e. The molecule has 0 bridgehead atoms. The minimum Gasteiger partial charge on any atom is -0.330 e. The first-order valence-corrected chi connectivity index (χ1v) is 7.04. The second-order valence-corrected chi connectivity index (χ2v) is 5.32. The fraction of sp³-hybridized carbons (Fsp3) is 0.235. The van der Waals surface area contributed by atoms with E-state index in [1.165, 1.54) is 23.4 Å². The second kappa shape index (κ2) is 5.30.